The van der Waals surface area contributed by atoms with Gasteiger partial charge in [-0.25, -0.2) is 4.39 Å². The Morgan fingerprint density at radius 1 is 1.05 bits per heavy atom. The fourth-order valence-corrected chi connectivity index (χ4v) is 1.86. The maximum Gasteiger partial charge on any atom is 0.416 e. The number of benzene rings is 2. The standard InChI is InChI=1S/C14H11F4N/c1-8-5-12(15)13(19)7-11(8)9-3-2-4-10(6-9)14(16,17)18/h2-7H,19H2,1H3. The fourth-order valence-electron chi connectivity index (χ4n) is 1.86. The maximum absolute atomic E-state index is 13.2. The number of halogens is 4. The van der Waals surface area contributed by atoms with Gasteiger partial charge in [0, 0.05) is 0 Å². The van der Waals surface area contributed by atoms with Gasteiger partial charge in [0.15, 0.2) is 0 Å². The molecule has 0 unspecified atom stereocenters. The van der Waals surface area contributed by atoms with Crippen molar-refractivity contribution in [2.45, 2.75) is 13.1 Å². The van der Waals surface area contributed by atoms with E-state index in [0.717, 1.165) is 12.1 Å². The molecule has 0 fully saturated rings. The lowest BCUT2D eigenvalue weighted by molar-refractivity contribution is -0.137. The maximum atomic E-state index is 13.2. The van der Waals surface area contributed by atoms with E-state index in [4.69, 9.17) is 5.73 Å². The minimum absolute atomic E-state index is 0.0852. The normalized spacial score (nSPS) is 11.6. The van der Waals surface area contributed by atoms with E-state index < -0.39 is 17.6 Å². The highest BCUT2D eigenvalue weighted by Crippen LogP contribution is 2.34. The quantitative estimate of drug-likeness (QED) is 0.602. The van der Waals surface area contributed by atoms with Gasteiger partial charge in [-0.2, -0.15) is 13.2 Å². The van der Waals surface area contributed by atoms with Gasteiger partial charge in [0.25, 0.3) is 0 Å². The van der Waals surface area contributed by atoms with E-state index in [1.54, 1.807) is 6.92 Å². The van der Waals surface area contributed by atoms with Crippen LogP contribution in [0.3, 0.4) is 0 Å². The molecule has 5 heteroatoms. The van der Waals surface area contributed by atoms with Crippen LogP contribution in [0.4, 0.5) is 23.2 Å². The van der Waals surface area contributed by atoms with Crippen molar-refractivity contribution >= 4 is 5.69 Å². The Morgan fingerprint density at radius 2 is 1.74 bits per heavy atom. The number of aryl methyl sites for hydroxylation is 1. The monoisotopic (exact) mass is 269 g/mol. The minimum Gasteiger partial charge on any atom is -0.396 e. The summed E-state index contributed by atoms with van der Waals surface area (Å²) in [6, 6.07) is 7.43. The first-order chi connectivity index (χ1) is 8.79. The van der Waals surface area contributed by atoms with Crippen molar-refractivity contribution in [3.63, 3.8) is 0 Å². The first kappa shape index (κ1) is 13.4. The predicted molar refractivity (Wildman–Crippen MR) is 66.0 cm³/mol. The van der Waals surface area contributed by atoms with E-state index in [1.165, 1.54) is 24.3 Å². The van der Waals surface area contributed by atoms with E-state index >= 15 is 0 Å². The van der Waals surface area contributed by atoms with E-state index in [-0.39, 0.29) is 5.69 Å². The van der Waals surface area contributed by atoms with Gasteiger partial charge in [0.05, 0.1) is 11.3 Å². The van der Waals surface area contributed by atoms with Crippen molar-refractivity contribution in [2.24, 2.45) is 0 Å². The predicted octanol–water partition coefficient (Wildman–Crippen LogP) is 4.40. The Balaban J connectivity index is 2.57. The molecule has 2 rings (SSSR count). The molecule has 0 bridgehead atoms. The Kier molecular flexibility index (Phi) is 3.22. The number of anilines is 1. The number of rotatable bonds is 1. The smallest absolute Gasteiger partial charge is 0.396 e. The molecule has 0 aromatic heterocycles. The molecular weight excluding hydrogens is 258 g/mol. The molecule has 19 heavy (non-hydrogen) atoms. The molecule has 1 nitrogen and oxygen atoms in total. The molecule has 0 aliphatic heterocycles. The van der Waals surface area contributed by atoms with E-state index in [0.29, 0.717) is 16.7 Å². The lowest BCUT2D eigenvalue weighted by Crippen LogP contribution is -2.04. The highest BCUT2D eigenvalue weighted by Gasteiger charge is 2.30. The molecule has 0 saturated carbocycles. The van der Waals surface area contributed by atoms with Crippen LogP contribution in [0, 0.1) is 12.7 Å². The van der Waals surface area contributed by atoms with Crippen molar-refractivity contribution < 1.29 is 17.6 Å². The van der Waals surface area contributed by atoms with Crippen molar-refractivity contribution in [1.29, 1.82) is 0 Å². The third-order valence-corrected chi connectivity index (χ3v) is 2.84. The molecule has 2 aromatic carbocycles. The molecule has 0 atom stereocenters. The Morgan fingerprint density at radius 3 is 2.37 bits per heavy atom. The average Bonchev–Trinajstić information content (AvgIpc) is 2.33. The molecule has 0 heterocycles. The largest absolute Gasteiger partial charge is 0.416 e. The number of hydrogen-bond acceptors (Lipinski definition) is 1. The van der Waals surface area contributed by atoms with Crippen molar-refractivity contribution in [3.05, 3.63) is 53.3 Å². The summed E-state index contributed by atoms with van der Waals surface area (Å²) in [7, 11) is 0. The summed E-state index contributed by atoms with van der Waals surface area (Å²) < 4.78 is 51.2. The number of alkyl halides is 3. The molecular formula is C14H11F4N. The fraction of sp³-hybridized carbons (Fsp3) is 0.143. The highest BCUT2D eigenvalue weighted by molar-refractivity contribution is 5.71. The van der Waals surface area contributed by atoms with Crippen LogP contribution in [0.2, 0.25) is 0 Å². The second-order valence-corrected chi connectivity index (χ2v) is 4.27. The third kappa shape index (κ3) is 2.70. The van der Waals surface area contributed by atoms with Gasteiger partial charge in [0.2, 0.25) is 0 Å². The van der Waals surface area contributed by atoms with Gasteiger partial charge in [-0.3, -0.25) is 0 Å². The van der Waals surface area contributed by atoms with Gasteiger partial charge in [-0.1, -0.05) is 12.1 Å². The van der Waals surface area contributed by atoms with Gasteiger partial charge in [0.1, 0.15) is 5.82 Å². The summed E-state index contributed by atoms with van der Waals surface area (Å²) in [5.74, 6) is -0.576. The molecule has 0 amide bonds. The summed E-state index contributed by atoms with van der Waals surface area (Å²) in [6.45, 7) is 1.62. The lowest BCUT2D eigenvalue weighted by Gasteiger charge is -2.11. The minimum atomic E-state index is -4.41. The first-order valence-electron chi connectivity index (χ1n) is 5.52. The zero-order chi connectivity index (χ0) is 14.2. The molecule has 0 spiro atoms. The van der Waals surface area contributed by atoms with Gasteiger partial charge < -0.3 is 5.73 Å². The van der Waals surface area contributed by atoms with Crippen LogP contribution in [0.25, 0.3) is 11.1 Å². The molecule has 0 aliphatic rings. The molecule has 100 valence electrons. The Labute approximate surface area is 107 Å². The van der Waals surface area contributed by atoms with Crippen LogP contribution in [0.1, 0.15) is 11.1 Å². The Hall–Kier alpha value is -2.04. The van der Waals surface area contributed by atoms with Crippen LogP contribution < -0.4 is 5.73 Å². The van der Waals surface area contributed by atoms with Crippen LogP contribution in [-0.2, 0) is 6.18 Å². The lowest BCUT2D eigenvalue weighted by atomic mass is 9.98. The first-order valence-corrected chi connectivity index (χ1v) is 5.52. The van der Waals surface area contributed by atoms with Crippen LogP contribution in [-0.4, -0.2) is 0 Å². The van der Waals surface area contributed by atoms with E-state index in [2.05, 4.69) is 0 Å². The number of nitrogens with two attached hydrogens (primary N) is 1. The zero-order valence-electron chi connectivity index (χ0n) is 10.1. The van der Waals surface area contributed by atoms with Crippen molar-refractivity contribution in [2.75, 3.05) is 5.73 Å². The van der Waals surface area contributed by atoms with Crippen LogP contribution in [0.15, 0.2) is 36.4 Å². The molecule has 0 aliphatic carbocycles. The van der Waals surface area contributed by atoms with E-state index in [9.17, 15) is 17.6 Å². The summed E-state index contributed by atoms with van der Waals surface area (Å²) in [5, 5.41) is 0. The zero-order valence-corrected chi connectivity index (χ0v) is 10.1. The summed E-state index contributed by atoms with van der Waals surface area (Å²) in [5.41, 5.74) is 6.01. The van der Waals surface area contributed by atoms with Gasteiger partial charge in [-0.15, -0.1) is 0 Å². The van der Waals surface area contributed by atoms with Crippen molar-refractivity contribution in [1.82, 2.24) is 0 Å². The molecule has 2 N–H and O–H groups in total. The summed E-state index contributed by atoms with van der Waals surface area (Å²) in [6.07, 6.45) is -4.41. The number of nitrogen functional groups attached to an aromatic ring is 1. The van der Waals surface area contributed by atoms with Gasteiger partial charge in [-0.05, 0) is 47.9 Å². The van der Waals surface area contributed by atoms with Crippen molar-refractivity contribution in [3.8, 4) is 11.1 Å². The second kappa shape index (κ2) is 4.57. The topological polar surface area (TPSA) is 26.0 Å². The summed E-state index contributed by atoms with van der Waals surface area (Å²) in [4.78, 5) is 0. The van der Waals surface area contributed by atoms with E-state index in [1.807, 2.05) is 0 Å². The molecule has 0 saturated heterocycles. The van der Waals surface area contributed by atoms with Gasteiger partial charge >= 0.3 is 6.18 Å². The molecule has 2 aromatic rings. The average molecular weight is 269 g/mol. The highest BCUT2D eigenvalue weighted by atomic mass is 19.4. The second-order valence-electron chi connectivity index (χ2n) is 4.27. The van der Waals surface area contributed by atoms with Crippen LogP contribution >= 0.6 is 0 Å². The van der Waals surface area contributed by atoms with Crippen LogP contribution in [0.5, 0.6) is 0 Å². The Bertz CT molecular complexity index is 617. The molecule has 0 radical (unpaired) electrons. The summed E-state index contributed by atoms with van der Waals surface area (Å²) >= 11 is 0. The number of hydrogen-bond donors (Lipinski definition) is 1. The SMILES string of the molecule is Cc1cc(F)c(N)cc1-c1cccc(C(F)(F)F)c1. The third-order valence-electron chi connectivity index (χ3n) is 2.84.